The van der Waals surface area contributed by atoms with Crippen LogP contribution in [-0.2, 0) is 24.2 Å². The standard InChI is InChI=1S/C31H36ClN3O2/c1-24-11-4-5-12-25(24)23-31(36)33-20-8-2-3-15-30-34-28-13-6-7-14-29(28)35(30)21-9-10-22-37-27-18-16-26(32)17-19-27/h4-7,11-14,16-19H,2-3,8-10,15,20-23H2,1H3,(H,33,36). The van der Waals surface area contributed by atoms with Crippen molar-refractivity contribution in [2.75, 3.05) is 13.2 Å². The molecule has 0 saturated carbocycles. The zero-order valence-corrected chi connectivity index (χ0v) is 22.3. The number of aryl methyl sites for hydroxylation is 3. The molecule has 0 atom stereocenters. The van der Waals surface area contributed by atoms with E-state index in [0.717, 1.165) is 84.9 Å². The molecule has 0 aliphatic carbocycles. The summed E-state index contributed by atoms with van der Waals surface area (Å²) >= 11 is 5.94. The second-order valence-electron chi connectivity index (χ2n) is 9.44. The highest BCUT2D eigenvalue weighted by Gasteiger charge is 2.10. The fourth-order valence-corrected chi connectivity index (χ4v) is 4.64. The van der Waals surface area contributed by atoms with Crippen molar-refractivity contribution in [3.8, 4) is 5.75 Å². The van der Waals surface area contributed by atoms with Crippen molar-refractivity contribution >= 4 is 28.5 Å². The fraction of sp³-hybridized carbons (Fsp3) is 0.355. The minimum Gasteiger partial charge on any atom is -0.494 e. The minimum absolute atomic E-state index is 0.0936. The smallest absolute Gasteiger partial charge is 0.224 e. The topological polar surface area (TPSA) is 56.2 Å². The lowest BCUT2D eigenvalue weighted by Gasteiger charge is -2.11. The first-order chi connectivity index (χ1) is 18.1. The van der Waals surface area contributed by atoms with Gasteiger partial charge in [-0.1, -0.05) is 54.4 Å². The molecule has 194 valence electrons. The molecule has 0 fully saturated rings. The number of ether oxygens (including phenoxy) is 1. The molecule has 0 spiro atoms. The third-order valence-electron chi connectivity index (χ3n) is 6.60. The Morgan fingerprint density at radius 3 is 2.54 bits per heavy atom. The molecule has 0 aliphatic rings. The molecule has 5 nitrogen and oxygen atoms in total. The van der Waals surface area contributed by atoms with Crippen molar-refractivity contribution in [3.05, 3.63) is 94.8 Å². The van der Waals surface area contributed by atoms with Crippen LogP contribution in [0.4, 0.5) is 0 Å². The van der Waals surface area contributed by atoms with Crippen molar-refractivity contribution < 1.29 is 9.53 Å². The van der Waals surface area contributed by atoms with Crippen LogP contribution in [0, 0.1) is 6.92 Å². The average molecular weight is 518 g/mol. The Bertz CT molecular complexity index is 1280. The molecule has 6 heteroatoms. The number of para-hydroxylation sites is 2. The minimum atomic E-state index is 0.0936. The van der Waals surface area contributed by atoms with E-state index in [2.05, 4.69) is 28.1 Å². The molecule has 3 aromatic carbocycles. The highest BCUT2D eigenvalue weighted by Crippen LogP contribution is 2.20. The summed E-state index contributed by atoms with van der Waals surface area (Å²) < 4.78 is 8.21. The molecular formula is C31H36ClN3O2. The summed E-state index contributed by atoms with van der Waals surface area (Å²) in [5, 5.41) is 3.78. The Balaban J connectivity index is 1.19. The zero-order chi connectivity index (χ0) is 25.9. The average Bonchev–Trinajstić information content (AvgIpc) is 3.25. The number of benzene rings is 3. The summed E-state index contributed by atoms with van der Waals surface area (Å²) in [4.78, 5) is 17.2. The molecule has 0 radical (unpaired) electrons. The summed E-state index contributed by atoms with van der Waals surface area (Å²) in [5.74, 6) is 2.09. The van der Waals surface area contributed by atoms with Gasteiger partial charge in [0.1, 0.15) is 11.6 Å². The molecule has 1 N–H and O–H groups in total. The van der Waals surface area contributed by atoms with Crippen molar-refractivity contribution in [3.63, 3.8) is 0 Å². The Hall–Kier alpha value is -3.31. The van der Waals surface area contributed by atoms with Crippen molar-refractivity contribution in [2.24, 2.45) is 0 Å². The van der Waals surface area contributed by atoms with E-state index in [1.54, 1.807) is 0 Å². The quantitative estimate of drug-likeness (QED) is 0.184. The van der Waals surface area contributed by atoms with Gasteiger partial charge in [0.25, 0.3) is 0 Å². The van der Waals surface area contributed by atoms with Crippen LogP contribution >= 0.6 is 11.6 Å². The number of nitrogens with one attached hydrogen (secondary N) is 1. The van der Waals surface area contributed by atoms with E-state index >= 15 is 0 Å². The second-order valence-corrected chi connectivity index (χ2v) is 9.88. The molecule has 0 aliphatic heterocycles. The Morgan fingerprint density at radius 2 is 1.70 bits per heavy atom. The molecule has 0 unspecified atom stereocenters. The third kappa shape index (κ3) is 8.09. The molecule has 1 heterocycles. The maximum Gasteiger partial charge on any atom is 0.224 e. The summed E-state index contributed by atoms with van der Waals surface area (Å²) in [7, 11) is 0. The number of hydrogen-bond donors (Lipinski definition) is 1. The first-order valence-corrected chi connectivity index (χ1v) is 13.6. The van der Waals surface area contributed by atoms with Gasteiger partial charge in [-0.25, -0.2) is 4.98 Å². The van der Waals surface area contributed by atoms with Gasteiger partial charge in [0.05, 0.1) is 24.1 Å². The lowest BCUT2D eigenvalue weighted by atomic mass is 10.1. The summed E-state index contributed by atoms with van der Waals surface area (Å²) in [6.07, 6.45) is 6.46. The predicted molar refractivity (Wildman–Crippen MR) is 151 cm³/mol. The fourth-order valence-electron chi connectivity index (χ4n) is 4.52. The number of fused-ring (bicyclic) bond motifs is 1. The van der Waals surface area contributed by atoms with E-state index in [1.165, 1.54) is 5.52 Å². The zero-order valence-electron chi connectivity index (χ0n) is 21.6. The van der Waals surface area contributed by atoms with Crippen molar-refractivity contribution in [1.82, 2.24) is 14.9 Å². The molecule has 37 heavy (non-hydrogen) atoms. The number of carbonyl (C=O) groups excluding carboxylic acids is 1. The highest BCUT2D eigenvalue weighted by atomic mass is 35.5. The van der Waals surface area contributed by atoms with Gasteiger partial charge in [-0.3, -0.25) is 4.79 Å². The molecular weight excluding hydrogens is 482 g/mol. The SMILES string of the molecule is Cc1ccccc1CC(=O)NCCCCCc1nc2ccccc2n1CCCCOc1ccc(Cl)cc1. The maximum atomic E-state index is 12.3. The molecule has 0 saturated heterocycles. The number of aromatic nitrogens is 2. The second kappa shape index (κ2) is 13.8. The Morgan fingerprint density at radius 1 is 0.919 bits per heavy atom. The van der Waals surface area contributed by atoms with Gasteiger partial charge in [-0.05, 0) is 80.1 Å². The van der Waals surface area contributed by atoms with E-state index in [-0.39, 0.29) is 5.91 Å². The van der Waals surface area contributed by atoms with Crippen LogP contribution in [0.5, 0.6) is 5.75 Å². The van der Waals surface area contributed by atoms with Crippen LogP contribution in [-0.4, -0.2) is 28.6 Å². The van der Waals surface area contributed by atoms with Crippen LogP contribution in [0.3, 0.4) is 0 Å². The number of halogens is 1. The van der Waals surface area contributed by atoms with Crippen LogP contribution in [0.25, 0.3) is 11.0 Å². The largest absolute Gasteiger partial charge is 0.494 e. The lowest BCUT2D eigenvalue weighted by Crippen LogP contribution is -2.26. The molecule has 0 bridgehead atoms. The summed E-state index contributed by atoms with van der Waals surface area (Å²) in [6, 6.07) is 23.9. The van der Waals surface area contributed by atoms with Gasteiger partial charge in [0, 0.05) is 24.5 Å². The lowest BCUT2D eigenvalue weighted by molar-refractivity contribution is -0.120. The number of hydrogen-bond acceptors (Lipinski definition) is 3. The number of amides is 1. The first kappa shape index (κ1) is 26.7. The number of carbonyl (C=O) groups is 1. The normalized spacial score (nSPS) is 11.1. The van der Waals surface area contributed by atoms with E-state index in [1.807, 2.05) is 61.5 Å². The third-order valence-corrected chi connectivity index (χ3v) is 6.86. The molecule has 4 aromatic rings. The monoisotopic (exact) mass is 517 g/mol. The van der Waals surface area contributed by atoms with Crippen molar-refractivity contribution in [2.45, 2.75) is 58.4 Å². The van der Waals surface area contributed by atoms with Crippen molar-refractivity contribution in [1.29, 1.82) is 0 Å². The molecule has 4 rings (SSSR count). The highest BCUT2D eigenvalue weighted by molar-refractivity contribution is 6.30. The van der Waals surface area contributed by atoms with Gasteiger partial charge in [-0.15, -0.1) is 0 Å². The number of nitrogens with zero attached hydrogens (tertiary/aromatic N) is 2. The van der Waals surface area contributed by atoms with E-state index in [4.69, 9.17) is 21.3 Å². The van der Waals surface area contributed by atoms with Gasteiger partial charge in [0.15, 0.2) is 0 Å². The van der Waals surface area contributed by atoms with E-state index in [9.17, 15) is 4.79 Å². The van der Waals surface area contributed by atoms with Gasteiger partial charge in [-0.2, -0.15) is 0 Å². The van der Waals surface area contributed by atoms with Crippen LogP contribution in [0.15, 0.2) is 72.8 Å². The molecule has 1 aromatic heterocycles. The number of rotatable bonds is 14. The van der Waals surface area contributed by atoms with E-state index in [0.29, 0.717) is 13.0 Å². The summed E-state index contributed by atoms with van der Waals surface area (Å²) in [6.45, 7) is 4.37. The van der Waals surface area contributed by atoms with Gasteiger partial charge >= 0.3 is 0 Å². The van der Waals surface area contributed by atoms with Crippen LogP contribution in [0.2, 0.25) is 5.02 Å². The van der Waals surface area contributed by atoms with Gasteiger partial charge in [0.2, 0.25) is 5.91 Å². The van der Waals surface area contributed by atoms with Crippen LogP contribution < -0.4 is 10.1 Å². The predicted octanol–water partition coefficient (Wildman–Crippen LogP) is 6.93. The molecule has 1 amide bonds. The van der Waals surface area contributed by atoms with E-state index < -0.39 is 0 Å². The van der Waals surface area contributed by atoms with Crippen LogP contribution in [0.1, 0.15) is 49.1 Å². The van der Waals surface area contributed by atoms with Gasteiger partial charge < -0.3 is 14.6 Å². The Labute approximate surface area is 224 Å². The first-order valence-electron chi connectivity index (χ1n) is 13.2. The maximum absolute atomic E-state index is 12.3. The number of imidazole rings is 1. The Kier molecular flexibility index (Phi) is 10.0. The summed E-state index contributed by atoms with van der Waals surface area (Å²) in [5.41, 5.74) is 4.50. The number of unbranched alkanes of at least 4 members (excludes halogenated alkanes) is 3.